The van der Waals surface area contributed by atoms with Crippen LogP contribution in [-0.2, 0) is 16.0 Å². The summed E-state index contributed by atoms with van der Waals surface area (Å²) in [6.07, 6.45) is 0.840. The molecule has 0 aliphatic carbocycles. The molecule has 0 saturated heterocycles. The van der Waals surface area contributed by atoms with Crippen LogP contribution in [-0.4, -0.2) is 25.0 Å². The number of carbonyl (C=O) groups is 2. The number of rotatable bonds is 3. The molecule has 2 aromatic carbocycles. The fraction of sp³-hybridized carbons (Fsp3) is 0.263. The molecule has 23 heavy (non-hydrogen) atoms. The zero-order valence-electron chi connectivity index (χ0n) is 13.3. The van der Waals surface area contributed by atoms with Crippen molar-refractivity contribution in [3.8, 4) is 0 Å². The predicted octanol–water partition coefficient (Wildman–Crippen LogP) is 3.05. The number of aryl methyl sites for hydroxylation is 2. The van der Waals surface area contributed by atoms with E-state index in [2.05, 4.69) is 0 Å². The topological polar surface area (TPSA) is 46.6 Å². The summed E-state index contributed by atoms with van der Waals surface area (Å²) in [5.41, 5.74) is 4.69. The molecule has 1 aliphatic heterocycles. The molecule has 0 unspecified atom stereocenters. The molecule has 0 saturated carbocycles. The van der Waals surface area contributed by atoms with Crippen LogP contribution in [0.3, 0.4) is 0 Å². The first-order valence-corrected chi connectivity index (χ1v) is 7.69. The Hall–Kier alpha value is -2.62. The SMILES string of the molecule is Cc1ccc(C(=O)OCC(=O)N2CCc3ccccc32)cc1C. The highest BCUT2D eigenvalue weighted by Gasteiger charge is 2.25. The second kappa shape index (κ2) is 6.24. The third-order valence-corrected chi connectivity index (χ3v) is 4.26. The average Bonchev–Trinajstić information content (AvgIpc) is 2.99. The Kier molecular flexibility index (Phi) is 4.15. The van der Waals surface area contributed by atoms with E-state index in [0.29, 0.717) is 12.1 Å². The highest BCUT2D eigenvalue weighted by Crippen LogP contribution is 2.27. The summed E-state index contributed by atoms with van der Waals surface area (Å²) >= 11 is 0. The molecule has 1 aliphatic rings. The Labute approximate surface area is 135 Å². The molecule has 0 N–H and O–H groups in total. The zero-order chi connectivity index (χ0) is 16.4. The summed E-state index contributed by atoms with van der Waals surface area (Å²) in [4.78, 5) is 26.1. The number of hydrogen-bond acceptors (Lipinski definition) is 3. The minimum atomic E-state index is -0.464. The van der Waals surface area contributed by atoms with E-state index in [-0.39, 0.29) is 12.5 Å². The molecule has 3 rings (SSSR count). The van der Waals surface area contributed by atoms with Crippen LogP contribution in [0.4, 0.5) is 5.69 Å². The second-order valence-corrected chi connectivity index (χ2v) is 5.80. The number of benzene rings is 2. The number of esters is 1. The second-order valence-electron chi connectivity index (χ2n) is 5.80. The third-order valence-electron chi connectivity index (χ3n) is 4.26. The summed E-state index contributed by atoms with van der Waals surface area (Å²) < 4.78 is 5.18. The van der Waals surface area contributed by atoms with Gasteiger partial charge in [-0.05, 0) is 55.2 Å². The standard InChI is InChI=1S/C19H19NO3/c1-13-7-8-16(11-14(13)2)19(22)23-12-18(21)20-10-9-15-5-3-4-6-17(15)20/h3-8,11H,9-10,12H2,1-2H3. The highest BCUT2D eigenvalue weighted by molar-refractivity contribution is 5.98. The Bertz CT molecular complexity index is 767. The van der Waals surface area contributed by atoms with Gasteiger partial charge in [-0.2, -0.15) is 0 Å². The number of carbonyl (C=O) groups excluding carboxylic acids is 2. The van der Waals surface area contributed by atoms with Crippen molar-refractivity contribution in [3.63, 3.8) is 0 Å². The van der Waals surface area contributed by atoms with Crippen LogP contribution in [0.15, 0.2) is 42.5 Å². The number of para-hydroxylation sites is 1. The van der Waals surface area contributed by atoms with Crippen LogP contribution in [0.2, 0.25) is 0 Å². The van der Waals surface area contributed by atoms with E-state index in [4.69, 9.17) is 4.74 Å². The molecule has 1 amide bonds. The van der Waals surface area contributed by atoms with Crippen LogP contribution in [0, 0.1) is 13.8 Å². The van der Waals surface area contributed by atoms with Crippen LogP contribution in [0.1, 0.15) is 27.0 Å². The van der Waals surface area contributed by atoms with Gasteiger partial charge in [0, 0.05) is 12.2 Å². The van der Waals surface area contributed by atoms with Gasteiger partial charge in [-0.1, -0.05) is 24.3 Å². The van der Waals surface area contributed by atoms with Gasteiger partial charge >= 0.3 is 5.97 Å². The van der Waals surface area contributed by atoms with Crippen LogP contribution < -0.4 is 4.90 Å². The van der Waals surface area contributed by atoms with Gasteiger partial charge in [-0.3, -0.25) is 4.79 Å². The van der Waals surface area contributed by atoms with Gasteiger partial charge in [0.05, 0.1) is 5.56 Å². The van der Waals surface area contributed by atoms with Crippen molar-refractivity contribution in [3.05, 3.63) is 64.7 Å². The third kappa shape index (κ3) is 3.11. The molecule has 2 aromatic rings. The van der Waals surface area contributed by atoms with Crippen LogP contribution in [0.25, 0.3) is 0 Å². The molecule has 4 heteroatoms. The Morgan fingerprint density at radius 1 is 1.09 bits per heavy atom. The molecule has 0 spiro atoms. The average molecular weight is 309 g/mol. The summed E-state index contributed by atoms with van der Waals surface area (Å²) in [6, 6.07) is 13.2. The first kappa shape index (κ1) is 15.3. The normalized spacial score (nSPS) is 12.9. The maximum atomic E-state index is 12.3. The lowest BCUT2D eigenvalue weighted by Crippen LogP contribution is -2.33. The smallest absolute Gasteiger partial charge is 0.338 e. The summed E-state index contributed by atoms with van der Waals surface area (Å²) in [5, 5.41) is 0. The summed E-state index contributed by atoms with van der Waals surface area (Å²) in [5.74, 6) is -0.652. The van der Waals surface area contributed by atoms with Gasteiger partial charge < -0.3 is 9.64 Å². The number of hydrogen-bond donors (Lipinski definition) is 0. The van der Waals surface area contributed by atoms with Gasteiger partial charge in [0.15, 0.2) is 6.61 Å². The Balaban J connectivity index is 1.63. The Morgan fingerprint density at radius 3 is 2.65 bits per heavy atom. The minimum absolute atomic E-state index is 0.188. The lowest BCUT2D eigenvalue weighted by molar-refractivity contribution is -0.121. The van der Waals surface area contributed by atoms with Gasteiger partial charge in [-0.15, -0.1) is 0 Å². The fourth-order valence-electron chi connectivity index (χ4n) is 2.75. The van der Waals surface area contributed by atoms with Gasteiger partial charge in [0.2, 0.25) is 0 Å². The van der Waals surface area contributed by atoms with Crippen molar-refractivity contribution in [2.45, 2.75) is 20.3 Å². The minimum Gasteiger partial charge on any atom is -0.452 e. The number of nitrogens with zero attached hydrogens (tertiary/aromatic N) is 1. The van der Waals surface area contributed by atoms with Crippen molar-refractivity contribution >= 4 is 17.6 Å². The molecular formula is C19H19NO3. The largest absolute Gasteiger partial charge is 0.452 e. The monoisotopic (exact) mass is 309 g/mol. The molecular weight excluding hydrogens is 290 g/mol. The molecule has 0 aromatic heterocycles. The summed E-state index contributed by atoms with van der Waals surface area (Å²) in [7, 11) is 0. The van der Waals surface area contributed by atoms with Gasteiger partial charge in [-0.25, -0.2) is 4.79 Å². The molecule has 0 atom stereocenters. The van der Waals surface area contributed by atoms with Gasteiger partial charge in [0.25, 0.3) is 5.91 Å². The van der Waals surface area contributed by atoms with Crippen molar-refractivity contribution < 1.29 is 14.3 Å². The van der Waals surface area contributed by atoms with Crippen molar-refractivity contribution in [1.82, 2.24) is 0 Å². The Morgan fingerprint density at radius 2 is 1.87 bits per heavy atom. The van der Waals surface area contributed by atoms with E-state index in [1.165, 1.54) is 0 Å². The van der Waals surface area contributed by atoms with E-state index < -0.39 is 5.97 Å². The summed E-state index contributed by atoms with van der Waals surface area (Å²) in [6.45, 7) is 4.33. The van der Waals surface area contributed by atoms with Crippen molar-refractivity contribution in [2.75, 3.05) is 18.1 Å². The number of fused-ring (bicyclic) bond motifs is 1. The van der Waals surface area contributed by atoms with E-state index in [1.807, 2.05) is 44.2 Å². The highest BCUT2D eigenvalue weighted by atomic mass is 16.5. The maximum absolute atomic E-state index is 12.3. The maximum Gasteiger partial charge on any atom is 0.338 e. The molecule has 4 nitrogen and oxygen atoms in total. The van der Waals surface area contributed by atoms with E-state index in [0.717, 1.165) is 28.8 Å². The van der Waals surface area contributed by atoms with Gasteiger partial charge in [0.1, 0.15) is 0 Å². The van der Waals surface area contributed by atoms with Crippen LogP contribution >= 0.6 is 0 Å². The van der Waals surface area contributed by atoms with E-state index in [9.17, 15) is 9.59 Å². The quantitative estimate of drug-likeness (QED) is 0.819. The lowest BCUT2D eigenvalue weighted by atomic mass is 10.1. The number of anilines is 1. The number of ether oxygens (including phenoxy) is 1. The van der Waals surface area contributed by atoms with E-state index >= 15 is 0 Å². The molecule has 0 bridgehead atoms. The van der Waals surface area contributed by atoms with Crippen molar-refractivity contribution in [1.29, 1.82) is 0 Å². The zero-order valence-corrected chi connectivity index (χ0v) is 13.3. The fourth-order valence-corrected chi connectivity index (χ4v) is 2.75. The lowest BCUT2D eigenvalue weighted by Gasteiger charge is -2.17. The molecule has 1 heterocycles. The first-order chi connectivity index (χ1) is 11.1. The van der Waals surface area contributed by atoms with Crippen molar-refractivity contribution in [2.24, 2.45) is 0 Å². The predicted molar refractivity (Wildman–Crippen MR) is 88.7 cm³/mol. The molecule has 118 valence electrons. The van der Waals surface area contributed by atoms with E-state index in [1.54, 1.807) is 17.0 Å². The van der Waals surface area contributed by atoms with Crippen LogP contribution in [0.5, 0.6) is 0 Å². The number of amides is 1. The molecule has 0 radical (unpaired) electrons. The molecule has 0 fully saturated rings. The first-order valence-electron chi connectivity index (χ1n) is 7.69.